The summed E-state index contributed by atoms with van der Waals surface area (Å²) in [5.41, 5.74) is 1.33. The summed E-state index contributed by atoms with van der Waals surface area (Å²) in [6.07, 6.45) is 4.00. The van der Waals surface area contributed by atoms with Crippen LogP contribution in [-0.4, -0.2) is 37.2 Å². The van der Waals surface area contributed by atoms with Gasteiger partial charge in [-0.25, -0.2) is 0 Å². The van der Waals surface area contributed by atoms with E-state index >= 15 is 0 Å². The molecular weight excluding hydrogens is 328 g/mol. The molecule has 0 spiro atoms. The zero-order chi connectivity index (χ0) is 14.8. The number of hydrogen-bond acceptors (Lipinski definition) is 3. The second-order valence-electron chi connectivity index (χ2n) is 6.30. The normalized spacial score (nSPS) is 26.8. The van der Waals surface area contributed by atoms with E-state index in [0.717, 1.165) is 31.3 Å². The summed E-state index contributed by atoms with van der Waals surface area (Å²) in [7, 11) is 1.73. The molecule has 116 valence electrons. The zero-order valence-corrected chi connectivity index (χ0v) is 14.5. The molecule has 1 heterocycles. The lowest BCUT2D eigenvalue weighted by Crippen LogP contribution is -2.56. The average molecular weight is 353 g/mol. The van der Waals surface area contributed by atoms with Crippen LogP contribution in [0.4, 0.5) is 0 Å². The van der Waals surface area contributed by atoms with Gasteiger partial charge in [0.2, 0.25) is 0 Å². The van der Waals surface area contributed by atoms with Crippen molar-refractivity contribution in [1.29, 1.82) is 0 Å². The van der Waals surface area contributed by atoms with Gasteiger partial charge in [0, 0.05) is 36.2 Å². The monoisotopic (exact) mass is 352 g/mol. The molecule has 2 fully saturated rings. The van der Waals surface area contributed by atoms with Gasteiger partial charge in [0.05, 0.1) is 7.11 Å². The number of benzene rings is 1. The summed E-state index contributed by atoms with van der Waals surface area (Å²) in [5, 5.41) is 3.72. The molecule has 1 saturated carbocycles. The molecule has 2 aliphatic rings. The smallest absolute Gasteiger partial charge is 0.119 e. The number of hydrogen-bond donors (Lipinski definition) is 1. The molecule has 1 aromatic carbocycles. The van der Waals surface area contributed by atoms with Crippen molar-refractivity contribution in [3.05, 3.63) is 28.2 Å². The van der Waals surface area contributed by atoms with Crippen LogP contribution in [0.3, 0.4) is 0 Å². The number of nitrogens with zero attached hydrogens (tertiary/aromatic N) is 1. The lowest BCUT2D eigenvalue weighted by Gasteiger charge is -2.40. The quantitative estimate of drug-likeness (QED) is 0.878. The first-order valence-electron chi connectivity index (χ1n) is 8.01. The molecule has 4 heteroatoms. The SMILES string of the molecule is CCC1CN(Cc2cc(OC)ccc2Br)C(C2CC2)CN1. The maximum absolute atomic E-state index is 5.38. The Morgan fingerprint density at radius 3 is 2.86 bits per heavy atom. The third kappa shape index (κ3) is 3.61. The standard InChI is InChI=1S/C17H25BrN2O/c1-3-14-11-20(17(9-19-14)12-4-5-12)10-13-8-15(21-2)6-7-16(13)18/h6-8,12,14,17,19H,3-5,9-11H2,1-2H3. The van der Waals surface area contributed by atoms with Crippen molar-refractivity contribution in [3.8, 4) is 5.75 Å². The second-order valence-corrected chi connectivity index (χ2v) is 7.16. The number of piperazine rings is 1. The fourth-order valence-electron chi connectivity index (χ4n) is 3.32. The van der Waals surface area contributed by atoms with Crippen LogP contribution in [-0.2, 0) is 6.54 Å². The molecule has 0 aromatic heterocycles. The van der Waals surface area contributed by atoms with Gasteiger partial charge in [-0.3, -0.25) is 4.90 Å². The summed E-state index contributed by atoms with van der Waals surface area (Å²) in [5.74, 6) is 1.85. The lowest BCUT2D eigenvalue weighted by molar-refractivity contribution is 0.105. The third-order valence-corrected chi connectivity index (χ3v) is 5.60. The number of methoxy groups -OCH3 is 1. The Hall–Kier alpha value is -0.580. The van der Waals surface area contributed by atoms with Crippen LogP contribution in [0.2, 0.25) is 0 Å². The molecule has 0 bridgehead atoms. The van der Waals surface area contributed by atoms with Crippen molar-refractivity contribution in [2.75, 3.05) is 20.2 Å². The van der Waals surface area contributed by atoms with Crippen LogP contribution >= 0.6 is 15.9 Å². The highest BCUT2D eigenvalue weighted by Crippen LogP contribution is 2.37. The van der Waals surface area contributed by atoms with Gasteiger partial charge in [0.1, 0.15) is 5.75 Å². The van der Waals surface area contributed by atoms with E-state index < -0.39 is 0 Å². The summed E-state index contributed by atoms with van der Waals surface area (Å²) < 4.78 is 6.56. The van der Waals surface area contributed by atoms with E-state index in [0.29, 0.717) is 12.1 Å². The first kappa shape index (κ1) is 15.3. The molecule has 0 radical (unpaired) electrons. The summed E-state index contributed by atoms with van der Waals surface area (Å²) in [6, 6.07) is 7.60. The Kier molecular flexibility index (Phi) is 4.87. The largest absolute Gasteiger partial charge is 0.497 e. The first-order valence-corrected chi connectivity index (χ1v) is 8.80. The van der Waals surface area contributed by atoms with Crippen LogP contribution in [0, 0.1) is 5.92 Å². The van der Waals surface area contributed by atoms with Crippen molar-refractivity contribution in [3.63, 3.8) is 0 Å². The minimum absolute atomic E-state index is 0.629. The van der Waals surface area contributed by atoms with Gasteiger partial charge in [-0.1, -0.05) is 22.9 Å². The molecule has 3 rings (SSSR count). The van der Waals surface area contributed by atoms with Crippen LogP contribution in [0.15, 0.2) is 22.7 Å². The van der Waals surface area contributed by atoms with Gasteiger partial charge in [-0.15, -0.1) is 0 Å². The van der Waals surface area contributed by atoms with E-state index in [9.17, 15) is 0 Å². The minimum atomic E-state index is 0.629. The fraction of sp³-hybridized carbons (Fsp3) is 0.647. The molecule has 0 amide bonds. The lowest BCUT2D eigenvalue weighted by atomic mass is 10.0. The molecule has 1 saturated heterocycles. The van der Waals surface area contributed by atoms with E-state index in [-0.39, 0.29) is 0 Å². The van der Waals surface area contributed by atoms with Gasteiger partial charge < -0.3 is 10.1 Å². The summed E-state index contributed by atoms with van der Waals surface area (Å²) in [6.45, 7) is 5.58. The molecule has 1 aliphatic carbocycles. The second kappa shape index (κ2) is 6.67. The van der Waals surface area contributed by atoms with E-state index in [4.69, 9.17) is 4.74 Å². The van der Waals surface area contributed by atoms with Crippen LogP contribution in [0.1, 0.15) is 31.7 Å². The maximum atomic E-state index is 5.38. The van der Waals surface area contributed by atoms with E-state index in [1.165, 1.54) is 29.3 Å². The van der Waals surface area contributed by atoms with Gasteiger partial charge in [-0.2, -0.15) is 0 Å². The van der Waals surface area contributed by atoms with E-state index in [1.807, 2.05) is 6.07 Å². The molecule has 1 aromatic rings. The van der Waals surface area contributed by atoms with Crippen LogP contribution in [0.25, 0.3) is 0 Å². The van der Waals surface area contributed by atoms with Crippen LogP contribution in [0.5, 0.6) is 5.75 Å². The Morgan fingerprint density at radius 2 is 2.19 bits per heavy atom. The Balaban J connectivity index is 1.76. The Labute approximate surface area is 136 Å². The number of rotatable bonds is 5. The number of nitrogens with one attached hydrogen (secondary N) is 1. The zero-order valence-electron chi connectivity index (χ0n) is 12.9. The molecule has 1 aliphatic heterocycles. The molecule has 2 unspecified atom stereocenters. The van der Waals surface area contributed by atoms with Crippen molar-refractivity contribution in [2.24, 2.45) is 5.92 Å². The predicted octanol–water partition coefficient (Wildman–Crippen LogP) is 3.42. The summed E-state index contributed by atoms with van der Waals surface area (Å²) in [4.78, 5) is 2.68. The van der Waals surface area contributed by atoms with Crippen molar-refractivity contribution in [1.82, 2.24) is 10.2 Å². The van der Waals surface area contributed by atoms with E-state index in [2.05, 4.69) is 45.2 Å². The fourth-order valence-corrected chi connectivity index (χ4v) is 3.69. The maximum Gasteiger partial charge on any atom is 0.119 e. The summed E-state index contributed by atoms with van der Waals surface area (Å²) >= 11 is 3.69. The number of halogens is 1. The van der Waals surface area contributed by atoms with Crippen molar-refractivity contribution >= 4 is 15.9 Å². The number of ether oxygens (including phenoxy) is 1. The molecule has 21 heavy (non-hydrogen) atoms. The third-order valence-electron chi connectivity index (χ3n) is 4.82. The van der Waals surface area contributed by atoms with Crippen molar-refractivity contribution in [2.45, 2.75) is 44.8 Å². The van der Waals surface area contributed by atoms with Gasteiger partial charge >= 0.3 is 0 Å². The molecule has 2 atom stereocenters. The van der Waals surface area contributed by atoms with E-state index in [1.54, 1.807) is 7.11 Å². The molecule has 1 N–H and O–H groups in total. The average Bonchev–Trinajstić information content (AvgIpc) is 3.34. The Morgan fingerprint density at radius 1 is 1.38 bits per heavy atom. The highest BCUT2D eigenvalue weighted by Gasteiger charge is 2.38. The van der Waals surface area contributed by atoms with Gasteiger partial charge in [0.25, 0.3) is 0 Å². The van der Waals surface area contributed by atoms with Crippen LogP contribution < -0.4 is 10.1 Å². The Bertz CT molecular complexity index is 490. The molecular formula is C17H25BrN2O. The first-order chi connectivity index (χ1) is 10.2. The predicted molar refractivity (Wildman–Crippen MR) is 89.7 cm³/mol. The van der Waals surface area contributed by atoms with Crippen molar-refractivity contribution < 1.29 is 4.74 Å². The topological polar surface area (TPSA) is 24.5 Å². The highest BCUT2D eigenvalue weighted by atomic mass is 79.9. The highest BCUT2D eigenvalue weighted by molar-refractivity contribution is 9.10. The minimum Gasteiger partial charge on any atom is -0.497 e. The molecule has 3 nitrogen and oxygen atoms in total. The van der Waals surface area contributed by atoms with Gasteiger partial charge in [-0.05, 0) is 48.9 Å². The van der Waals surface area contributed by atoms with Gasteiger partial charge in [0.15, 0.2) is 0 Å².